The van der Waals surface area contributed by atoms with Gasteiger partial charge in [-0.2, -0.15) is 0 Å². The van der Waals surface area contributed by atoms with E-state index in [1.54, 1.807) is 0 Å². The summed E-state index contributed by atoms with van der Waals surface area (Å²) in [5.41, 5.74) is 3.60. The van der Waals surface area contributed by atoms with Crippen molar-refractivity contribution in [2.45, 2.75) is 18.8 Å². The molecule has 2 aromatic carbocycles. The van der Waals surface area contributed by atoms with Crippen LogP contribution in [0, 0.1) is 0 Å². The summed E-state index contributed by atoms with van der Waals surface area (Å²) in [6.45, 7) is 2.87. The Bertz CT molecular complexity index is 588. The second-order valence-electron chi connectivity index (χ2n) is 5.46. The van der Waals surface area contributed by atoms with E-state index < -0.39 is 0 Å². The minimum absolute atomic E-state index is 0.0632. The van der Waals surface area contributed by atoms with E-state index in [9.17, 15) is 4.79 Å². The molecule has 2 nitrogen and oxygen atoms in total. The monoisotopic (exact) mass is 251 g/mol. The van der Waals surface area contributed by atoms with E-state index in [1.165, 1.54) is 16.7 Å². The van der Waals surface area contributed by atoms with E-state index >= 15 is 0 Å². The highest BCUT2D eigenvalue weighted by molar-refractivity contribution is 5.80. The average molecular weight is 251 g/mol. The first kappa shape index (κ1) is 12.0. The van der Waals surface area contributed by atoms with Crippen molar-refractivity contribution < 1.29 is 4.79 Å². The molecule has 3 rings (SSSR count). The third kappa shape index (κ3) is 2.26. The largest absolute Gasteiger partial charge is 0.355 e. The SMILES string of the molecule is CC1(c2ccc(-c3ccccc3)cc2)CNC(=O)C1. The van der Waals surface area contributed by atoms with Gasteiger partial charge in [0.1, 0.15) is 0 Å². The molecule has 1 unspecified atom stereocenters. The minimum atomic E-state index is -0.0632. The minimum Gasteiger partial charge on any atom is -0.355 e. The second-order valence-corrected chi connectivity index (χ2v) is 5.46. The predicted octanol–water partition coefficient (Wildman–Crippen LogP) is 3.13. The van der Waals surface area contributed by atoms with Crippen molar-refractivity contribution >= 4 is 5.91 Å². The summed E-state index contributed by atoms with van der Waals surface area (Å²) in [5.74, 6) is 0.148. The Hall–Kier alpha value is -2.09. The van der Waals surface area contributed by atoms with E-state index in [1.807, 2.05) is 18.2 Å². The molecule has 1 fully saturated rings. The molecule has 1 N–H and O–H groups in total. The summed E-state index contributed by atoms with van der Waals surface area (Å²) >= 11 is 0. The molecule has 1 aliphatic rings. The van der Waals surface area contributed by atoms with Crippen molar-refractivity contribution in [3.8, 4) is 11.1 Å². The van der Waals surface area contributed by atoms with Crippen LogP contribution in [0.4, 0.5) is 0 Å². The van der Waals surface area contributed by atoms with Crippen molar-refractivity contribution in [2.75, 3.05) is 6.54 Å². The molecule has 2 aromatic rings. The van der Waals surface area contributed by atoms with Crippen molar-refractivity contribution in [1.29, 1.82) is 0 Å². The maximum Gasteiger partial charge on any atom is 0.220 e. The third-order valence-electron chi connectivity index (χ3n) is 3.92. The molecule has 1 aliphatic heterocycles. The Balaban J connectivity index is 1.89. The van der Waals surface area contributed by atoms with Gasteiger partial charge in [0.15, 0.2) is 0 Å². The van der Waals surface area contributed by atoms with Gasteiger partial charge in [-0.1, -0.05) is 61.5 Å². The van der Waals surface area contributed by atoms with E-state index in [0.29, 0.717) is 6.42 Å². The summed E-state index contributed by atoms with van der Waals surface area (Å²) < 4.78 is 0. The highest BCUT2D eigenvalue weighted by Gasteiger charge is 2.35. The van der Waals surface area contributed by atoms with Crippen LogP contribution in [0.2, 0.25) is 0 Å². The van der Waals surface area contributed by atoms with Crippen LogP contribution in [0.3, 0.4) is 0 Å². The van der Waals surface area contributed by atoms with Crippen LogP contribution in [-0.4, -0.2) is 12.5 Å². The molecule has 19 heavy (non-hydrogen) atoms. The molecule has 1 saturated heterocycles. The van der Waals surface area contributed by atoms with Gasteiger partial charge in [0, 0.05) is 18.4 Å². The summed E-state index contributed by atoms with van der Waals surface area (Å²) in [6.07, 6.45) is 0.581. The van der Waals surface area contributed by atoms with Gasteiger partial charge in [0.05, 0.1) is 0 Å². The number of hydrogen-bond donors (Lipinski definition) is 1. The lowest BCUT2D eigenvalue weighted by atomic mass is 9.81. The normalized spacial score (nSPS) is 22.3. The number of carbonyl (C=O) groups excluding carboxylic acids is 1. The van der Waals surface area contributed by atoms with Gasteiger partial charge in [-0.25, -0.2) is 0 Å². The predicted molar refractivity (Wildman–Crippen MR) is 76.9 cm³/mol. The van der Waals surface area contributed by atoms with E-state index in [0.717, 1.165) is 6.54 Å². The number of nitrogens with one attached hydrogen (secondary N) is 1. The van der Waals surface area contributed by atoms with Crippen LogP contribution in [0.15, 0.2) is 54.6 Å². The fourth-order valence-corrected chi connectivity index (χ4v) is 2.67. The van der Waals surface area contributed by atoms with Crippen molar-refractivity contribution in [1.82, 2.24) is 5.32 Å². The summed E-state index contributed by atoms with van der Waals surface area (Å²) in [6, 6.07) is 18.9. The first-order chi connectivity index (χ1) is 9.17. The number of carbonyl (C=O) groups is 1. The molecule has 1 heterocycles. The highest BCUT2D eigenvalue weighted by atomic mass is 16.1. The van der Waals surface area contributed by atoms with E-state index in [4.69, 9.17) is 0 Å². The molecule has 0 bridgehead atoms. The van der Waals surface area contributed by atoms with E-state index in [2.05, 4.69) is 48.6 Å². The molecular formula is C17H17NO. The lowest BCUT2D eigenvalue weighted by molar-refractivity contribution is -0.119. The molecule has 0 aliphatic carbocycles. The van der Waals surface area contributed by atoms with Crippen LogP contribution in [-0.2, 0) is 10.2 Å². The zero-order chi connectivity index (χ0) is 13.3. The number of hydrogen-bond acceptors (Lipinski definition) is 1. The first-order valence-electron chi connectivity index (χ1n) is 6.60. The van der Waals surface area contributed by atoms with Crippen molar-refractivity contribution in [3.63, 3.8) is 0 Å². The lowest BCUT2D eigenvalue weighted by Gasteiger charge is -2.22. The van der Waals surface area contributed by atoms with Gasteiger partial charge in [-0.15, -0.1) is 0 Å². The fraction of sp³-hybridized carbons (Fsp3) is 0.235. The van der Waals surface area contributed by atoms with Crippen LogP contribution in [0.25, 0.3) is 11.1 Å². The lowest BCUT2D eigenvalue weighted by Crippen LogP contribution is -2.24. The molecule has 0 radical (unpaired) electrons. The van der Waals surface area contributed by atoms with Crippen LogP contribution in [0.1, 0.15) is 18.9 Å². The first-order valence-corrected chi connectivity index (χ1v) is 6.60. The third-order valence-corrected chi connectivity index (χ3v) is 3.92. The number of benzene rings is 2. The molecule has 1 atom stereocenters. The zero-order valence-corrected chi connectivity index (χ0v) is 11.0. The smallest absolute Gasteiger partial charge is 0.220 e. The maximum absolute atomic E-state index is 11.4. The van der Waals surface area contributed by atoms with Crippen LogP contribution >= 0.6 is 0 Å². The summed E-state index contributed by atoms with van der Waals surface area (Å²) in [4.78, 5) is 11.4. The molecule has 96 valence electrons. The molecule has 0 saturated carbocycles. The Labute approximate surface area is 113 Å². The topological polar surface area (TPSA) is 29.1 Å². The molecule has 1 amide bonds. The van der Waals surface area contributed by atoms with Crippen molar-refractivity contribution in [3.05, 3.63) is 60.2 Å². The molecule has 0 spiro atoms. The van der Waals surface area contributed by atoms with Gasteiger partial charge in [-0.05, 0) is 16.7 Å². The highest BCUT2D eigenvalue weighted by Crippen LogP contribution is 2.32. The number of rotatable bonds is 2. The Kier molecular flexibility index (Phi) is 2.86. The van der Waals surface area contributed by atoms with Crippen molar-refractivity contribution in [2.24, 2.45) is 0 Å². The molecule has 0 aromatic heterocycles. The summed E-state index contributed by atoms with van der Waals surface area (Å²) in [7, 11) is 0. The summed E-state index contributed by atoms with van der Waals surface area (Å²) in [5, 5.41) is 2.92. The van der Waals surface area contributed by atoms with Gasteiger partial charge in [0.25, 0.3) is 0 Å². The second kappa shape index (κ2) is 4.54. The molecular weight excluding hydrogens is 234 g/mol. The van der Waals surface area contributed by atoms with Gasteiger partial charge in [-0.3, -0.25) is 4.79 Å². The van der Waals surface area contributed by atoms with Crippen LogP contribution < -0.4 is 5.32 Å². The van der Waals surface area contributed by atoms with Gasteiger partial charge >= 0.3 is 0 Å². The Morgan fingerprint density at radius 1 is 0.947 bits per heavy atom. The van der Waals surface area contributed by atoms with Gasteiger partial charge in [0.2, 0.25) is 5.91 Å². The Morgan fingerprint density at radius 2 is 1.58 bits per heavy atom. The quantitative estimate of drug-likeness (QED) is 0.873. The zero-order valence-electron chi connectivity index (χ0n) is 11.0. The van der Waals surface area contributed by atoms with Crippen LogP contribution in [0.5, 0.6) is 0 Å². The van der Waals surface area contributed by atoms with E-state index in [-0.39, 0.29) is 11.3 Å². The Morgan fingerprint density at radius 3 is 2.16 bits per heavy atom. The van der Waals surface area contributed by atoms with Gasteiger partial charge < -0.3 is 5.32 Å². The molecule has 2 heteroatoms. The number of amides is 1. The maximum atomic E-state index is 11.4. The average Bonchev–Trinajstić information content (AvgIpc) is 2.81. The fourth-order valence-electron chi connectivity index (χ4n) is 2.67. The standard InChI is InChI=1S/C17H17NO/c1-17(11-16(19)18-12-17)15-9-7-14(8-10-15)13-5-3-2-4-6-13/h2-10H,11-12H2,1H3,(H,18,19).